The van der Waals surface area contributed by atoms with Crippen molar-refractivity contribution in [1.82, 2.24) is 5.32 Å². The fourth-order valence-corrected chi connectivity index (χ4v) is 1.55. The molecule has 78 valence electrons. The molecule has 0 bridgehead atoms. The summed E-state index contributed by atoms with van der Waals surface area (Å²) in [6, 6.07) is 8.23. The SMILES string of the molecule is CCNCC(OC)c1ccc(Br)cc1. The first-order valence-corrected chi connectivity index (χ1v) is 5.56. The second-order valence-electron chi connectivity index (χ2n) is 3.08. The Morgan fingerprint density at radius 3 is 2.50 bits per heavy atom. The Labute approximate surface area is 93.8 Å². The lowest BCUT2D eigenvalue weighted by atomic mass is 10.1. The predicted molar refractivity (Wildman–Crippen MR) is 62.4 cm³/mol. The molecule has 1 aromatic carbocycles. The third-order valence-corrected chi connectivity index (χ3v) is 2.63. The van der Waals surface area contributed by atoms with Crippen molar-refractivity contribution >= 4 is 15.9 Å². The molecule has 0 radical (unpaired) electrons. The van der Waals surface area contributed by atoms with Gasteiger partial charge >= 0.3 is 0 Å². The molecule has 0 heterocycles. The first kappa shape index (κ1) is 11.7. The predicted octanol–water partition coefficient (Wildman–Crippen LogP) is 2.75. The lowest BCUT2D eigenvalue weighted by Gasteiger charge is -2.15. The minimum atomic E-state index is 0.142. The molecule has 1 rings (SSSR count). The number of methoxy groups -OCH3 is 1. The van der Waals surface area contributed by atoms with Crippen molar-refractivity contribution in [2.45, 2.75) is 13.0 Å². The molecule has 0 saturated carbocycles. The molecule has 1 N–H and O–H groups in total. The maximum absolute atomic E-state index is 5.40. The van der Waals surface area contributed by atoms with Crippen LogP contribution in [0.1, 0.15) is 18.6 Å². The van der Waals surface area contributed by atoms with Crippen LogP contribution in [0, 0.1) is 0 Å². The summed E-state index contributed by atoms with van der Waals surface area (Å²) >= 11 is 3.41. The molecule has 1 aromatic rings. The summed E-state index contributed by atoms with van der Waals surface area (Å²) in [5.74, 6) is 0. The number of rotatable bonds is 5. The average Bonchev–Trinajstić information content (AvgIpc) is 2.21. The van der Waals surface area contributed by atoms with Crippen molar-refractivity contribution in [1.29, 1.82) is 0 Å². The summed E-state index contributed by atoms with van der Waals surface area (Å²) in [7, 11) is 1.74. The third-order valence-electron chi connectivity index (χ3n) is 2.11. The first-order chi connectivity index (χ1) is 6.77. The summed E-state index contributed by atoms with van der Waals surface area (Å²) in [4.78, 5) is 0. The van der Waals surface area contributed by atoms with Crippen LogP contribution in [0.3, 0.4) is 0 Å². The highest BCUT2D eigenvalue weighted by molar-refractivity contribution is 9.10. The topological polar surface area (TPSA) is 21.3 Å². The summed E-state index contributed by atoms with van der Waals surface area (Å²) in [6.45, 7) is 3.92. The Morgan fingerprint density at radius 2 is 2.00 bits per heavy atom. The van der Waals surface area contributed by atoms with Crippen LogP contribution >= 0.6 is 15.9 Å². The van der Waals surface area contributed by atoms with Gasteiger partial charge in [-0.05, 0) is 24.2 Å². The highest BCUT2D eigenvalue weighted by Gasteiger charge is 2.08. The zero-order valence-electron chi connectivity index (χ0n) is 8.59. The van der Waals surface area contributed by atoms with E-state index >= 15 is 0 Å². The molecule has 1 unspecified atom stereocenters. The van der Waals surface area contributed by atoms with Gasteiger partial charge in [-0.15, -0.1) is 0 Å². The summed E-state index contributed by atoms with van der Waals surface area (Å²) in [5, 5.41) is 3.28. The molecule has 0 aliphatic carbocycles. The third kappa shape index (κ3) is 3.40. The Morgan fingerprint density at radius 1 is 1.36 bits per heavy atom. The Balaban J connectivity index is 2.64. The summed E-state index contributed by atoms with van der Waals surface area (Å²) in [5.41, 5.74) is 1.21. The summed E-state index contributed by atoms with van der Waals surface area (Å²) in [6.07, 6.45) is 0.142. The Kier molecular flexibility index (Phi) is 5.15. The van der Waals surface area contributed by atoms with Crippen molar-refractivity contribution in [3.05, 3.63) is 34.3 Å². The van der Waals surface area contributed by atoms with Crippen molar-refractivity contribution in [3.8, 4) is 0 Å². The molecule has 2 nitrogen and oxygen atoms in total. The van der Waals surface area contributed by atoms with Crippen LogP contribution in [-0.2, 0) is 4.74 Å². The monoisotopic (exact) mass is 257 g/mol. The molecule has 0 aliphatic heterocycles. The average molecular weight is 258 g/mol. The normalized spacial score (nSPS) is 12.8. The van der Waals surface area contributed by atoms with Crippen LogP contribution in [0.4, 0.5) is 0 Å². The smallest absolute Gasteiger partial charge is 0.0945 e. The van der Waals surface area contributed by atoms with E-state index in [0.29, 0.717) is 0 Å². The lowest BCUT2D eigenvalue weighted by molar-refractivity contribution is 0.103. The fourth-order valence-electron chi connectivity index (χ4n) is 1.29. The molecule has 0 aliphatic rings. The number of likely N-dealkylation sites (N-methyl/N-ethyl adjacent to an activating group) is 1. The lowest BCUT2D eigenvalue weighted by Crippen LogP contribution is -2.22. The fraction of sp³-hybridized carbons (Fsp3) is 0.455. The molecule has 0 saturated heterocycles. The first-order valence-electron chi connectivity index (χ1n) is 4.77. The van der Waals surface area contributed by atoms with E-state index in [0.717, 1.165) is 17.6 Å². The quantitative estimate of drug-likeness (QED) is 0.876. The van der Waals surface area contributed by atoms with Crippen molar-refractivity contribution in [2.75, 3.05) is 20.2 Å². The zero-order chi connectivity index (χ0) is 10.4. The second-order valence-corrected chi connectivity index (χ2v) is 4.00. The van der Waals surface area contributed by atoms with E-state index in [-0.39, 0.29) is 6.10 Å². The van der Waals surface area contributed by atoms with Gasteiger partial charge in [0.05, 0.1) is 6.10 Å². The van der Waals surface area contributed by atoms with Gasteiger partial charge in [-0.2, -0.15) is 0 Å². The van der Waals surface area contributed by atoms with Crippen LogP contribution in [0.5, 0.6) is 0 Å². The minimum Gasteiger partial charge on any atom is -0.375 e. The zero-order valence-corrected chi connectivity index (χ0v) is 10.2. The maximum Gasteiger partial charge on any atom is 0.0945 e. The second kappa shape index (κ2) is 6.17. The van der Waals surface area contributed by atoms with Gasteiger partial charge in [0.2, 0.25) is 0 Å². The molecule has 14 heavy (non-hydrogen) atoms. The number of halogens is 1. The van der Waals surface area contributed by atoms with E-state index in [9.17, 15) is 0 Å². The Hall–Kier alpha value is -0.380. The highest BCUT2D eigenvalue weighted by atomic mass is 79.9. The molecule has 0 amide bonds. The van der Waals surface area contributed by atoms with E-state index in [1.807, 2.05) is 12.1 Å². The maximum atomic E-state index is 5.40. The van der Waals surface area contributed by atoms with Crippen molar-refractivity contribution in [2.24, 2.45) is 0 Å². The Bertz CT molecular complexity index is 260. The summed E-state index contributed by atoms with van der Waals surface area (Å²) < 4.78 is 6.50. The molecular weight excluding hydrogens is 242 g/mol. The molecule has 0 spiro atoms. The van der Waals surface area contributed by atoms with Gasteiger partial charge in [-0.25, -0.2) is 0 Å². The van der Waals surface area contributed by atoms with Crippen molar-refractivity contribution in [3.63, 3.8) is 0 Å². The van der Waals surface area contributed by atoms with E-state index < -0.39 is 0 Å². The molecule has 0 fully saturated rings. The van der Waals surface area contributed by atoms with E-state index in [2.05, 4.69) is 40.3 Å². The number of hydrogen-bond donors (Lipinski definition) is 1. The molecule has 1 atom stereocenters. The van der Waals surface area contributed by atoms with Crippen LogP contribution in [0.25, 0.3) is 0 Å². The number of benzene rings is 1. The highest BCUT2D eigenvalue weighted by Crippen LogP contribution is 2.18. The van der Waals surface area contributed by atoms with Crippen LogP contribution in [-0.4, -0.2) is 20.2 Å². The van der Waals surface area contributed by atoms with Crippen LogP contribution in [0.15, 0.2) is 28.7 Å². The number of nitrogens with one attached hydrogen (secondary N) is 1. The number of ether oxygens (including phenoxy) is 1. The van der Waals surface area contributed by atoms with Gasteiger partial charge in [-0.1, -0.05) is 35.0 Å². The largest absolute Gasteiger partial charge is 0.375 e. The number of hydrogen-bond acceptors (Lipinski definition) is 2. The van der Waals surface area contributed by atoms with Crippen LogP contribution < -0.4 is 5.32 Å². The van der Waals surface area contributed by atoms with Gasteiger partial charge < -0.3 is 10.1 Å². The minimum absolute atomic E-state index is 0.142. The molecule has 3 heteroatoms. The van der Waals surface area contributed by atoms with E-state index in [4.69, 9.17) is 4.74 Å². The van der Waals surface area contributed by atoms with Gasteiger partial charge in [0, 0.05) is 18.1 Å². The standard InChI is InChI=1S/C11H16BrNO/c1-3-13-8-11(14-2)9-4-6-10(12)7-5-9/h4-7,11,13H,3,8H2,1-2H3. The van der Waals surface area contributed by atoms with Gasteiger partial charge in [0.15, 0.2) is 0 Å². The molecular formula is C11H16BrNO. The van der Waals surface area contributed by atoms with Gasteiger partial charge in [0.1, 0.15) is 0 Å². The van der Waals surface area contributed by atoms with Crippen molar-refractivity contribution < 1.29 is 4.74 Å². The molecule has 0 aromatic heterocycles. The van der Waals surface area contributed by atoms with E-state index in [1.165, 1.54) is 5.56 Å². The van der Waals surface area contributed by atoms with Gasteiger partial charge in [-0.3, -0.25) is 0 Å². The van der Waals surface area contributed by atoms with E-state index in [1.54, 1.807) is 7.11 Å². The van der Waals surface area contributed by atoms with Gasteiger partial charge in [0.25, 0.3) is 0 Å². The van der Waals surface area contributed by atoms with Crippen LogP contribution in [0.2, 0.25) is 0 Å².